The molecule has 0 bridgehead atoms. The van der Waals surface area contributed by atoms with Gasteiger partial charge in [0.15, 0.2) is 0 Å². The molecule has 0 aromatic heterocycles. The largest absolute Gasteiger partial charge is 0.490 e. The molecule has 9 heteroatoms. The number of hydrogen-bond donors (Lipinski definition) is 2. The van der Waals surface area contributed by atoms with E-state index in [1.165, 1.54) is 6.42 Å². The average Bonchev–Trinajstić information content (AvgIpc) is 3.06. The number of nitrogens with zero attached hydrogens (tertiary/aromatic N) is 2. The fourth-order valence-electron chi connectivity index (χ4n) is 6.28. The molecular weight excluding hydrogens is 570 g/mol. The number of amides is 3. The van der Waals surface area contributed by atoms with Crippen LogP contribution in [0.2, 0.25) is 0 Å². The quantitative estimate of drug-likeness (QED) is 0.406. The van der Waals surface area contributed by atoms with E-state index in [2.05, 4.69) is 5.32 Å². The molecule has 2 N–H and O–H groups in total. The number of nitrogens with one attached hydrogen (secondary N) is 1. The number of aliphatic hydroxyl groups is 1. The second kappa shape index (κ2) is 16.8. The Kier molecular flexibility index (Phi) is 12.8. The predicted octanol–water partition coefficient (Wildman–Crippen LogP) is 5.77. The summed E-state index contributed by atoms with van der Waals surface area (Å²) in [5, 5.41) is 13.1. The van der Waals surface area contributed by atoms with Crippen molar-refractivity contribution >= 4 is 23.4 Å². The molecule has 1 heterocycles. The number of carbonyl (C=O) groups is 3. The van der Waals surface area contributed by atoms with Gasteiger partial charge in [0, 0.05) is 49.8 Å². The summed E-state index contributed by atoms with van der Waals surface area (Å²) in [7, 11) is 1.86. The lowest BCUT2D eigenvalue weighted by Gasteiger charge is -2.36. The van der Waals surface area contributed by atoms with E-state index < -0.39 is 6.04 Å². The van der Waals surface area contributed by atoms with Gasteiger partial charge in [-0.15, -0.1) is 0 Å². The number of fused-ring (bicyclic) bond motifs is 1. The van der Waals surface area contributed by atoms with Crippen molar-refractivity contribution in [1.29, 1.82) is 0 Å². The van der Waals surface area contributed by atoms with Gasteiger partial charge in [-0.25, -0.2) is 0 Å². The maximum absolute atomic E-state index is 14.3. The average molecular weight is 622 g/mol. The van der Waals surface area contributed by atoms with E-state index in [-0.39, 0.29) is 48.4 Å². The summed E-state index contributed by atoms with van der Waals surface area (Å²) >= 11 is 0. The van der Waals surface area contributed by atoms with E-state index in [1.54, 1.807) is 47.4 Å². The number of likely N-dealkylation sites (N-methyl/N-ethyl adjacent to an activating group) is 1. The molecule has 0 unspecified atom stereocenters. The van der Waals surface area contributed by atoms with Gasteiger partial charge in [-0.2, -0.15) is 0 Å². The molecule has 0 saturated heterocycles. The highest BCUT2D eigenvalue weighted by Gasteiger charge is 2.32. The number of carbonyl (C=O) groups excluding carboxylic acids is 3. The molecule has 45 heavy (non-hydrogen) atoms. The number of hydrogen-bond acceptors (Lipinski definition) is 6. The SMILES string of the molecule is C[C@@H]1CCCCO[C@@H](CN(C)C(=O)C2CCCCC2)[C@@H](C)CN([C@@H](C)CO)C(=O)c2cc(NC(=O)c3ccccc3)ccc2O1. The summed E-state index contributed by atoms with van der Waals surface area (Å²) in [6.45, 7) is 6.92. The summed E-state index contributed by atoms with van der Waals surface area (Å²) in [6.07, 6.45) is 7.35. The Hall–Kier alpha value is -3.43. The zero-order valence-corrected chi connectivity index (χ0v) is 27.4. The fourth-order valence-corrected chi connectivity index (χ4v) is 6.28. The van der Waals surface area contributed by atoms with Gasteiger partial charge in [0.1, 0.15) is 5.75 Å². The molecule has 1 aliphatic heterocycles. The van der Waals surface area contributed by atoms with Crippen molar-refractivity contribution in [1.82, 2.24) is 9.80 Å². The van der Waals surface area contributed by atoms with Crippen molar-refractivity contribution in [2.24, 2.45) is 11.8 Å². The second-order valence-corrected chi connectivity index (χ2v) is 12.9. The summed E-state index contributed by atoms with van der Waals surface area (Å²) in [5.74, 6) is -0.0262. The Labute approximate surface area is 268 Å². The van der Waals surface area contributed by atoms with Crippen LogP contribution < -0.4 is 10.1 Å². The third-order valence-corrected chi connectivity index (χ3v) is 9.13. The molecule has 2 aromatic carbocycles. The molecule has 1 fully saturated rings. The first-order valence-corrected chi connectivity index (χ1v) is 16.6. The van der Waals surface area contributed by atoms with Crippen LogP contribution in [-0.4, -0.2) is 84.2 Å². The van der Waals surface area contributed by atoms with Crippen LogP contribution >= 0.6 is 0 Å². The molecule has 4 rings (SSSR count). The standard InChI is InChI=1S/C36H51N3O6/c1-25-22-39(26(2)24-40)36(43)31-21-30(37-34(41)28-14-7-5-8-15-28)18-19-32(31)45-27(3)13-11-12-20-44-33(25)23-38(4)35(42)29-16-9-6-10-17-29/h5,7-8,14-15,18-19,21,25-27,29,33,40H,6,9-13,16-17,20,22-24H2,1-4H3,(H,37,41)/t25-,26-,27+,33-/m0/s1. The maximum atomic E-state index is 14.3. The maximum Gasteiger partial charge on any atom is 0.258 e. The Balaban J connectivity index is 1.61. The summed E-state index contributed by atoms with van der Waals surface area (Å²) < 4.78 is 12.7. The van der Waals surface area contributed by atoms with Gasteiger partial charge in [0.25, 0.3) is 11.8 Å². The van der Waals surface area contributed by atoms with Crippen LogP contribution in [0.5, 0.6) is 5.75 Å². The second-order valence-electron chi connectivity index (χ2n) is 12.9. The Morgan fingerprint density at radius 3 is 2.44 bits per heavy atom. The third kappa shape index (κ3) is 9.53. The molecule has 0 spiro atoms. The highest BCUT2D eigenvalue weighted by Crippen LogP contribution is 2.29. The van der Waals surface area contributed by atoms with E-state index in [4.69, 9.17) is 9.47 Å². The number of ether oxygens (including phenoxy) is 2. The van der Waals surface area contributed by atoms with Crippen molar-refractivity contribution in [3.05, 3.63) is 59.7 Å². The van der Waals surface area contributed by atoms with Gasteiger partial charge in [-0.1, -0.05) is 44.4 Å². The minimum atomic E-state index is -0.483. The monoisotopic (exact) mass is 621 g/mol. The van der Waals surface area contributed by atoms with Crippen LogP contribution in [0, 0.1) is 11.8 Å². The molecule has 246 valence electrons. The number of rotatable bonds is 7. The third-order valence-electron chi connectivity index (χ3n) is 9.13. The van der Waals surface area contributed by atoms with Crippen LogP contribution in [0.25, 0.3) is 0 Å². The molecule has 1 saturated carbocycles. The lowest BCUT2D eigenvalue weighted by atomic mass is 9.88. The van der Waals surface area contributed by atoms with E-state index >= 15 is 0 Å². The molecule has 3 amide bonds. The van der Waals surface area contributed by atoms with Gasteiger partial charge >= 0.3 is 0 Å². The van der Waals surface area contributed by atoms with Crippen LogP contribution in [0.1, 0.15) is 92.9 Å². The highest BCUT2D eigenvalue weighted by molar-refractivity contribution is 6.05. The smallest absolute Gasteiger partial charge is 0.258 e. The highest BCUT2D eigenvalue weighted by atomic mass is 16.5. The fraction of sp³-hybridized carbons (Fsp3) is 0.583. The van der Waals surface area contributed by atoms with Crippen molar-refractivity contribution < 1.29 is 29.0 Å². The number of aliphatic hydroxyl groups excluding tert-OH is 1. The lowest BCUT2D eigenvalue weighted by Crippen LogP contribution is -2.48. The molecule has 2 aliphatic rings. The van der Waals surface area contributed by atoms with Crippen molar-refractivity contribution in [2.75, 3.05) is 38.7 Å². The summed E-state index contributed by atoms with van der Waals surface area (Å²) in [6, 6.07) is 13.6. The molecule has 2 aromatic rings. The minimum absolute atomic E-state index is 0.0691. The number of benzene rings is 2. The van der Waals surface area contributed by atoms with Crippen LogP contribution in [0.3, 0.4) is 0 Å². The van der Waals surface area contributed by atoms with Gasteiger partial charge in [0.05, 0.1) is 30.4 Å². The van der Waals surface area contributed by atoms with E-state index in [0.29, 0.717) is 42.3 Å². The summed E-state index contributed by atoms with van der Waals surface area (Å²) in [5.41, 5.74) is 1.30. The number of anilines is 1. The van der Waals surface area contributed by atoms with Gasteiger partial charge in [-0.3, -0.25) is 14.4 Å². The summed E-state index contributed by atoms with van der Waals surface area (Å²) in [4.78, 5) is 44.0. The molecule has 9 nitrogen and oxygen atoms in total. The van der Waals surface area contributed by atoms with Gasteiger partial charge < -0.3 is 29.7 Å². The molecule has 0 radical (unpaired) electrons. The first-order valence-electron chi connectivity index (χ1n) is 16.6. The minimum Gasteiger partial charge on any atom is -0.490 e. The van der Waals surface area contributed by atoms with Crippen molar-refractivity contribution in [3.63, 3.8) is 0 Å². The van der Waals surface area contributed by atoms with Crippen LogP contribution in [0.15, 0.2) is 48.5 Å². The topological polar surface area (TPSA) is 108 Å². The lowest BCUT2D eigenvalue weighted by molar-refractivity contribution is -0.137. The normalized spacial score (nSPS) is 22.8. The van der Waals surface area contributed by atoms with Gasteiger partial charge in [0.2, 0.25) is 5.91 Å². The van der Waals surface area contributed by atoms with E-state index in [0.717, 1.165) is 44.9 Å². The molecular formula is C36H51N3O6. The van der Waals surface area contributed by atoms with Gasteiger partial charge in [-0.05, 0) is 76.3 Å². The van der Waals surface area contributed by atoms with Crippen LogP contribution in [-0.2, 0) is 9.53 Å². The first-order chi connectivity index (χ1) is 21.7. The Morgan fingerprint density at radius 2 is 1.73 bits per heavy atom. The Morgan fingerprint density at radius 1 is 1.02 bits per heavy atom. The van der Waals surface area contributed by atoms with Crippen molar-refractivity contribution in [2.45, 2.75) is 90.4 Å². The Bertz CT molecular complexity index is 1260. The zero-order chi connectivity index (χ0) is 32.3. The predicted molar refractivity (Wildman–Crippen MR) is 175 cm³/mol. The van der Waals surface area contributed by atoms with Crippen molar-refractivity contribution in [3.8, 4) is 5.75 Å². The van der Waals surface area contributed by atoms with E-state index in [1.807, 2.05) is 38.8 Å². The zero-order valence-electron chi connectivity index (χ0n) is 27.4. The van der Waals surface area contributed by atoms with E-state index in [9.17, 15) is 19.5 Å². The molecule has 4 atom stereocenters. The first kappa shape index (κ1) is 34.4. The molecule has 1 aliphatic carbocycles. The van der Waals surface area contributed by atoms with Crippen LogP contribution in [0.4, 0.5) is 5.69 Å².